The van der Waals surface area contributed by atoms with E-state index in [4.69, 9.17) is 0 Å². The van der Waals surface area contributed by atoms with Gasteiger partial charge < -0.3 is 4.74 Å². The molecule has 0 aromatic heterocycles. The van der Waals surface area contributed by atoms with Crippen LogP contribution in [0.5, 0.6) is 0 Å². The van der Waals surface area contributed by atoms with Crippen LogP contribution in [0, 0.1) is 12.3 Å². The number of rotatable bonds is 3. The molecule has 0 bridgehead atoms. The summed E-state index contributed by atoms with van der Waals surface area (Å²) in [6.45, 7) is -0.0935. The van der Waals surface area contributed by atoms with Gasteiger partial charge in [0.05, 0.1) is 0 Å². The van der Waals surface area contributed by atoms with Crippen molar-refractivity contribution in [1.29, 1.82) is 0 Å². The highest BCUT2D eigenvalue weighted by Crippen LogP contribution is 2.45. The first-order valence-corrected chi connectivity index (χ1v) is 4.53. The highest BCUT2D eigenvalue weighted by Gasteiger charge is 2.70. The molecule has 0 saturated heterocycles. The zero-order valence-electron chi connectivity index (χ0n) is 9.08. The van der Waals surface area contributed by atoms with Crippen molar-refractivity contribution in [3.8, 4) is 12.3 Å². The number of terminal acetylenes is 1. The minimum Gasteiger partial charge on any atom is -0.436 e. The van der Waals surface area contributed by atoms with E-state index in [2.05, 4.69) is 11.2 Å². The number of carbonyl (C=O) groups is 1. The lowest BCUT2D eigenvalue weighted by molar-refractivity contribution is -0.305. The first kappa shape index (κ1) is 16.4. The molecule has 0 aliphatic rings. The number of amides is 1. The van der Waals surface area contributed by atoms with E-state index >= 15 is 0 Å². The van der Waals surface area contributed by atoms with E-state index in [1.807, 2.05) is 0 Å². The molecule has 0 atom stereocenters. The Morgan fingerprint density at radius 3 is 1.94 bits per heavy atom. The third-order valence-corrected chi connectivity index (χ3v) is 2.10. The zero-order chi connectivity index (χ0) is 14.6. The highest BCUT2D eigenvalue weighted by atomic mass is 19.4. The topological polar surface area (TPSA) is 38.3 Å². The largest absolute Gasteiger partial charge is 0.436 e. The molecule has 0 heterocycles. The van der Waals surface area contributed by atoms with Gasteiger partial charge in [-0.1, -0.05) is 12.8 Å². The van der Waals surface area contributed by atoms with Crippen LogP contribution < -0.4 is 5.32 Å². The van der Waals surface area contributed by atoms with E-state index in [0.717, 1.165) is 5.32 Å². The number of nitrogens with one attached hydrogen (secondary N) is 1. The highest BCUT2D eigenvalue weighted by molar-refractivity contribution is 5.69. The van der Waals surface area contributed by atoms with Crippen LogP contribution in [0.25, 0.3) is 0 Å². The second-order valence-corrected chi connectivity index (χ2v) is 3.16. The lowest BCUT2D eigenvalue weighted by Crippen LogP contribution is -2.67. The van der Waals surface area contributed by atoms with Gasteiger partial charge in [0.25, 0.3) is 0 Å². The average Bonchev–Trinajstić information content (AvgIpc) is 2.19. The number of alkyl halides is 6. The fourth-order valence-electron chi connectivity index (χ4n) is 1.11. The summed E-state index contributed by atoms with van der Waals surface area (Å²) in [6, 6.07) is 0. The molecule has 0 aromatic rings. The maximum atomic E-state index is 12.5. The number of halogens is 6. The Morgan fingerprint density at radius 1 is 1.22 bits per heavy atom. The molecule has 0 aliphatic heterocycles. The smallest absolute Gasteiger partial charge is 0.420 e. The quantitative estimate of drug-likeness (QED) is 0.636. The predicted molar refractivity (Wildman–Crippen MR) is 48.4 cm³/mol. The number of hydrogen-bond acceptors (Lipinski definition) is 2. The van der Waals surface area contributed by atoms with E-state index in [1.165, 1.54) is 0 Å². The molecule has 1 amide bonds. The minimum atomic E-state index is -5.71. The van der Waals surface area contributed by atoms with Gasteiger partial charge in [0.15, 0.2) is 6.61 Å². The second kappa shape index (κ2) is 5.37. The molecule has 0 unspecified atom stereocenters. The van der Waals surface area contributed by atoms with Crippen LogP contribution in [0.15, 0.2) is 0 Å². The van der Waals surface area contributed by atoms with Crippen molar-refractivity contribution in [2.75, 3.05) is 6.61 Å². The molecule has 104 valence electrons. The summed E-state index contributed by atoms with van der Waals surface area (Å²) in [5, 5.41) is 0.788. The van der Waals surface area contributed by atoms with Crippen molar-refractivity contribution in [2.24, 2.45) is 0 Å². The number of alkyl carbamates (subject to hydrolysis) is 1. The molecule has 0 saturated carbocycles. The summed E-state index contributed by atoms with van der Waals surface area (Å²) in [6.07, 6.45) is -10.1. The van der Waals surface area contributed by atoms with Crippen molar-refractivity contribution in [1.82, 2.24) is 5.32 Å². The van der Waals surface area contributed by atoms with Gasteiger partial charge in [0.1, 0.15) is 0 Å². The summed E-state index contributed by atoms with van der Waals surface area (Å²) < 4.78 is 79.1. The molecule has 0 fully saturated rings. The number of hydrogen-bond donors (Lipinski definition) is 1. The van der Waals surface area contributed by atoms with Crippen LogP contribution in [0.1, 0.15) is 13.3 Å². The SMILES string of the molecule is C#CCOC(=O)NC(CC)(C(F)(F)F)C(F)(F)F. The van der Waals surface area contributed by atoms with Gasteiger partial charge >= 0.3 is 18.4 Å². The maximum Gasteiger partial charge on any atom is 0.420 e. The van der Waals surface area contributed by atoms with E-state index < -0.39 is 37.0 Å². The van der Waals surface area contributed by atoms with Crippen LogP contribution in [-0.2, 0) is 4.74 Å². The Balaban J connectivity index is 5.25. The van der Waals surface area contributed by atoms with Gasteiger partial charge in [-0.15, -0.1) is 6.42 Å². The standard InChI is InChI=1S/C9H9F6NO2/c1-3-5-18-6(17)16-7(4-2,8(10,11)12)9(13,14)15/h1H,4-5H2,2H3,(H,16,17). The lowest BCUT2D eigenvalue weighted by Gasteiger charge is -2.36. The van der Waals surface area contributed by atoms with Gasteiger partial charge in [-0.3, -0.25) is 5.32 Å². The monoisotopic (exact) mass is 277 g/mol. The van der Waals surface area contributed by atoms with Gasteiger partial charge in [-0.25, -0.2) is 4.79 Å². The Kier molecular flexibility index (Phi) is 4.90. The second-order valence-electron chi connectivity index (χ2n) is 3.16. The molecule has 0 aliphatic carbocycles. The first-order chi connectivity index (χ1) is 8.02. The molecule has 9 heteroatoms. The van der Waals surface area contributed by atoms with E-state index in [-0.39, 0.29) is 0 Å². The Morgan fingerprint density at radius 2 is 1.67 bits per heavy atom. The number of carbonyl (C=O) groups excluding carboxylic acids is 1. The van der Waals surface area contributed by atoms with Crippen LogP contribution in [-0.4, -0.2) is 30.6 Å². The molecular formula is C9H9F6NO2. The van der Waals surface area contributed by atoms with Crippen molar-refractivity contribution in [3.63, 3.8) is 0 Å². The Hall–Kier alpha value is -1.59. The van der Waals surface area contributed by atoms with Crippen molar-refractivity contribution < 1.29 is 35.9 Å². The fourth-order valence-corrected chi connectivity index (χ4v) is 1.11. The molecule has 0 rings (SSSR count). The molecule has 0 spiro atoms. The van der Waals surface area contributed by atoms with Crippen LogP contribution >= 0.6 is 0 Å². The van der Waals surface area contributed by atoms with Crippen molar-refractivity contribution >= 4 is 6.09 Å². The third-order valence-electron chi connectivity index (χ3n) is 2.10. The summed E-state index contributed by atoms with van der Waals surface area (Å²) in [4.78, 5) is 10.8. The molecule has 0 aromatic carbocycles. The summed E-state index contributed by atoms with van der Waals surface area (Å²) in [5.41, 5.74) is -4.36. The summed E-state index contributed by atoms with van der Waals surface area (Å²) in [5.74, 6) is 1.73. The first-order valence-electron chi connectivity index (χ1n) is 4.53. The van der Waals surface area contributed by atoms with Crippen molar-refractivity contribution in [3.05, 3.63) is 0 Å². The normalized spacial score (nSPS) is 12.8. The van der Waals surface area contributed by atoms with Gasteiger partial charge in [0, 0.05) is 0 Å². The number of ether oxygens (including phenoxy) is 1. The minimum absolute atomic E-state index is 0.641. The molecular weight excluding hydrogens is 268 g/mol. The van der Waals surface area contributed by atoms with Crippen LogP contribution in [0.4, 0.5) is 31.1 Å². The molecule has 1 N–H and O–H groups in total. The predicted octanol–water partition coefficient (Wildman–Crippen LogP) is 2.62. The molecule has 3 nitrogen and oxygen atoms in total. The van der Waals surface area contributed by atoms with E-state index in [1.54, 1.807) is 5.92 Å². The maximum absolute atomic E-state index is 12.5. The van der Waals surface area contributed by atoms with E-state index in [9.17, 15) is 31.1 Å². The van der Waals surface area contributed by atoms with Crippen molar-refractivity contribution in [2.45, 2.75) is 31.2 Å². The van der Waals surface area contributed by atoms with Gasteiger partial charge in [-0.05, 0) is 6.42 Å². The lowest BCUT2D eigenvalue weighted by atomic mass is 9.94. The summed E-state index contributed by atoms with van der Waals surface area (Å²) in [7, 11) is 0. The third kappa shape index (κ3) is 3.21. The fraction of sp³-hybridized carbons (Fsp3) is 0.667. The average molecular weight is 277 g/mol. The van der Waals surface area contributed by atoms with Gasteiger partial charge in [-0.2, -0.15) is 26.3 Å². The zero-order valence-corrected chi connectivity index (χ0v) is 9.08. The Bertz CT molecular complexity index is 326. The van der Waals surface area contributed by atoms with Gasteiger partial charge in [0.2, 0.25) is 5.54 Å². The van der Waals surface area contributed by atoms with Crippen LogP contribution in [0.3, 0.4) is 0 Å². The summed E-state index contributed by atoms with van der Waals surface area (Å²) >= 11 is 0. The Labute approximate surface area is 98.5 Å². The van der Waals surface area contributed by atoms with E-state index in [0.29, 0.717) is 6.92 Å². The molecule has 18 heavy (non-hydrogen) atoms. The molecule has 0 radical (unpaired) electrons. The van der Waals surface area contributed by atoms with Crippen LogP contribution in [0.2, 0.25) is 0 Å².